The predicted octanol–water partition coefficient (Wildman–Crippen LogP) is 2.56. The Morgan fingerprint density at radius 2 is 1.83 bits per heavy atom. The molecule has 4 nitrogen and oxygen atoms in total. The lowest BCUT2D eigenvalue weighted by Gasteiger charge is -2.48. The van der Waals surface area contributed by atoms with E-state index in [2.05, 4.69) is 4.90 Å². The Hall–Kier alpha value is -0.610. The molecule has 3 unspecified atom stereocenters. The van der Waals surface area contributed by atoms with E-state index in [-0.39, 0.29) is 11.3 Å². The van der Waals surface area contributed by atoms with Crippen molar-refractivity contribution in [3.63, 3.8) is 0 Å². The van der Waals surface area contributed by atoms with Gasteiger partial charge >= 0.3 is 0 Å². The molecule has 4 aliphatic rings. The highest BCUT2D eigenvalue weighted by Crippen LogP contribution is 2.44. The van der Waals surface area contributed by atoms with E-state index in [1.165, 1.54) is 32.1 Å². The molecule has 2 aliphatic heterocycles. The molecule has 4 fully saturated rings. The molecule has 0 aromatic rings. The summed E-state index contributed by atoms with van der Waals surface area (Å²) in [6.45, 7) is 3.65. The van der Waals surface area contributed by atoms with Crippen LogP contribution in [0.5, 0.6) is 0 Å². The van der Waals surface area contributed by atoms with Crippen LogP contribution in [0.15, 0.2) is 0 Å². The Morgan fingerprint density at radius 3 is 2.52 bits per heavy atom. The molecule has 23 heavy (non-hydrogen) atoms. The van der Waals surface area contributed by atoms with E-state index in [1.807, 2.05) is 0 Å². The highest BCUT2D eigenvalue weighted by Gasteiger charge is 2.44. The van der Waals surface area contributed by atoms with Crippen molar-refractivity contribution in [2.45, 2.75) is 63.8 Å². The summed E-state index contributed by atoms with van der Waals surface area (Å²) in [6, 6.07) is 0.354. The first kappa shape index (κ1) is 15.9. The topological polar surface area (TPSA) is 55.6 Å². The number of fused-ring (bicyclic) bond motifs is 2. The van der Waals surface area contributed by atoms with Crippen molar-refractivity contribution in [3.8, 4) is 0 Å². The van der Waals surface area contributed by atoms with Gasteiger partial charge in [-0.2, -0.15) is 0 Å². The van der Waals surface area contributed by atoms with Gasteiger partial charge in [0.05, 0.1) is 6.61 Å². The maximum absolute atomic E-state index is 13.2. The second-order valence-electron chi connectivity index (χ2n) is 8.72. The van der Waals surface area contributed by atoms with Crippen LogP contribution in [-0.4, -0.2) is 43.2 Å². The molecule has 4 rings (SSSR count). The summed E-state index contributed by atoms with van der Waals surface area (Å²) in [5, 5.41) is 0. The largest absolute Gasteiger partial charge is 0.381 e. The number of ether oxygens (including phenoxy) is 1. The number of carbonyl (C=O) groups excluding carboxylic acids is 1. The third-order valence-corrected chi connectivity index (χ3v) is 7.14. The predicted molar refractivity (Wildman–Crippen MR) is 89.8 cm³/mol. The van der Waals surface area contributed by atoms with Gasteiger partial charge in [-0.3, -0.25) is 4.79 Å². The summed E-state index contributed by atoms with van der Waals surface area (Å²) in [4.78, 5) is 15.4. The minimum atomic E-state index is 0.241. The number of hydrogen-bond acceptors (Lipinski definition) is 3. The number of rotatable bonds is 1. The van der Waals surface area contributed by atoms with Crippen LogP contribution in [0.4, 0.5) is 0 Å². The minimum Gasteiger partial charge on any atom is -0.381 e. The molecule has 0 aromatic heterocycles. The second-order valence-corrected chi connectivity index (χ2v) is 8.72. The van der Waals surface area contributed by atoms with Crippen molar-refractivity contribution in [2.75, 3.05) is 26.3 Å². The van der Waals surface area contributed by atoms with Crippen LogP contribution in [0, 0.1) is 23.2 Å². The van der Waals surface area contributed by atoms with Gasteiger partial charge in [-0.1, -0.05) is 6.42 Å². The average Bonchev–Trinajstić information content (AvgIpc) is 2.55. The number of nitrogens with two attached hydrogens (primary N) is 1. The van der Waals surface area contributed by atoms with Gasteiger partial charge in [0.15, 0.2) is 0 Å². The van der Waals surface area contributed by atoms with Crippen LogP contribution in [0.1, 0.15) is 57.8 Å². The molecule has 2 bridgehead atoms. The van der Waals surface area contributed by atoms with Gasteiger partial charge in [0.1, 0.15) is 0 Å². The van der Waals surface area contributed by atoms with Crippen molar-refractivity contribution >= 4 is 5.91 Å². The normalized spacial score (nSPS) is 44.3. The van der Waals surface area contributed by atoms with E-state index in [4.69, 9.17) is 10.5 Å². The monoisotopic (exact) mass is 320 g/mol. The lowest BCUT2D eigenvalue weighted by molar-refractivity contribution is -0.145. The number of amides is 1. The van der Waals surface area contributed by atoms with Crippen molar-refractivity contribution in [2.24, 2.45) is 28.9 Å². The minimum absolute atomic E-state index is 0.241. The van der Waals surface area contributed by atoms with Crippen molar-refractivity contribution < 1.29 is 9.53 Å². The van der Waals surface area contributed by atoms with Crippen LogP contribution in [0.3, 0.4) is 0 Å². The summed E-state index contributed by atoms with van der Waals surface area (Å²) in [7, 11) is 0. The smallest absolute Gasteiger partial charge is 0.225 e. The van der Waals surface area contributed by atoms with Crippen molar-refractivity contribution in [1.29, 1.82) is 0 Å². The Kier molecular flexibility index (Phi) is 4.39. The van der Waals surface area contributed by atoms with Gasteiger partial charge in [-0.05, 0) is 63.2 Å². The summed E-state index contributed by atoms with van der Waals surface area (Å²) < 4.78 is 5.76. The summed E-state index contributed by atoms with van der Waals surface area (Å²) in [6.07, 6.45) is 10.6. The molecule has 2 heterocycles. The third kappa shape index (κ3) is 3.05. The Labute approximate surface area is 140 Å². The zero-order valence-electron chi connectivity index (χ0n) is 14.3. The molecule has 4 heteroatoms. The van der Waals surface area contributed by atoms with Crippen LogP contribution >= 0.6 is 0 Å². The highest BCUT2D eigenvalue weighted by atomic mass is 16.5. The van der Waals surface area contributed by atoms with Gasteiger partial charge in [-0.25, -0.2) is 0 Å². The van der Waals surface area contributed by atoms with Gasteiger partial charge < -0.3 is 15.4 Å². The molecule has 0 radical (unpaired) electrons. The molecular formula is C19H32N2O2. The van der Waals surface area contributed by atoms with Gasteiger partial charge in [0, 0.05) is 37.1 Å². The molecule has 3 atom stereocenters. The fourth-order valence-corrected chi connectivity index (χ4v) is 5.88. The molecule has 130 valence electrons. The molecule has 1 amide bonds. The zero-order chi connectivity index (χ0) is 15.9. The van der Waals surface area contributed by atoms with Crippen LogP contribution < -0.4 is 5.73 Å². The molecule has 2 saturated carbocycles. The fourth-order valence-electron chi connectivity index (χ4n) is 5.88. The highest BCUT2D eigenvalue weighted by molar-refractivity contribution is 5.79. The molecule has 2 saturated heterocycles. The Morgan fingerprint density at radius 1 is 1.09 bits per heavy atom. The maximum Gasteiger partial charge on any atom is 0.225 e. The molecule has 0 aromatic carbocycles. The lowest BCUT2D eigenvalue weighted by Crippen LogP contribution is -2.54. The van der Waals surface area contributed by atoms with Crippen LogP contribution in [-0.2, 0) is 9.53 Å². The Bertz CT molecular complexity index is 427. The first-order chi connectivity index (χ1) is 11.2. The number of likely N-dealkylation sites (tertiary alicyclic amines) is 1. The molecular weight excluding hydrogens is 288 g/mol. The van der Waals surface area contributed by atoms with E-state index in [0.29, 0.717) is 23.8 Å². The molecule has 2 N–H and O–H groups in total. The Balaban J connectivity index is 1.42. The fraction of sp³-hybridized carbons (Fsp3) is 0.947. The quantitative estimate of drug-likeness (QED) is 0.808. The number of hydrogen-bond donors (Lipinski definition) is 1. The standard InChI is InChI=1S/C19H32N2O2/c20-17-14-4-1-5-15(17)11-16(10-14)18(22)21-8-2-6-19(12-21)7-3-9-23-13-19/h14-17H,1-13,20H2. The average molecular weight is 320 g/mol. The molecule has 2 aliphatic carbocycles. The SMILES string of the molecule is NC1C2CCCC1CC(C(=O)N1CCCC3(CCCOC3)C1)C2. The first-order valence-corrected chi connectivity index (χ1v) is 9.79. The first-order valence-electron chi connectivity index (χ1n) is 9.79. The van der Waals surface area contributed by atoms with E-state index in [1.54, 1.807) is 0 Å². The third-order valence-electron chi connectivity index (χ3n) is 7.14. The van der Waals surface area contributed by atoms with Gasteiger partial charge in [0.25, 0.3) is 0 Å². The van der Waals surface area contributed by atoms with Gasteiger partial charge in [-0.15, -0.1) is 0 Å². The van der Waals surface area contributed by atoms with E-state index >= 15 is 0 Å². The number of piperidine rings is 1. The van der Waals surface area contributed by atoms with Crippen LogP contribution in [0.2, 0.25) is 0 Å². The lowest BCUT2D eigenvalue weighted by atomic mass is 9.64. The van der Waals surface area contributed by atoms with E-state index in [0.717, 1.165) is 52.0 Å². The van der Waals surface area contributed by atoms with Gasteiger partial charge in [0.2, 0.25) is 5.91 Å². The zero-order valence-corrected chi connectivity index (χ0v) is 14.3. The maximum atomic E-state index is 13.2. The molecule has 1 spiro atoms. The van der Waals surface area contributed by atoms with E-state index < -0.39 is 0 Å². The second kappa shape index (κ2) is 6.36. The summed E-state index contributed by atoms with van der Waals surface area (Å²) >= 11 is 0. The summed E-state index contributed by atoms with van der Waals surface area (Å²) in [5.41, 5.74) is 6.65. The van der Waals surface area contributed by atoms with Crippen molar-refractivity contribution in [1.82, 2.24) is 4.90 Å². The van der Waals surface area contributed by atoms with E-state index in [9.17, 15) is 4.79 Å². The number of carbonyl (C=O) groups is 1. The number of nitrogens with zero attached hydrogens (tertiary/aromatic N) is 1. The summed E-state index contributed by atoms with van der Waals surface area (Å²) in [5.74, 6) is 1.85. The van der Waals surface area contributed by atoms with Crippen LogP contribution in [0.25, 0.3) is 0 Å². The van der Waals surface area contributed by atoms with Crippen molar-refractivity contribution in [3.05, 3.63) is 0 Å².